The summed E-state index contributed by atoms with van der Waals surface area (Å²) >= 11 is 0. The minimum absolute atomic E-state index is 0.0755. The molecule has 0 spiro atoms. The molecular weight excluding hydrogens is 374 g/mol. The number of hydrogen-bond acceptors (Lipinski definition) is 3. The van der Waals surface area contributed by atoms with Crippen LogP contribution in [0.4, 0.5) is 0 Å². The van der Waals surface area contributed by atoms with Crippen molar-refractivity contribution in [2.75, 3.05) is 14.1 Å². The lowest BCUT2D eigenvalue weighted by molar-refractivity contribution is -0.112. The summed E-state index contributed by atoms with van der Waals surface area (Å²) in [5, 5.41) is 10.9. The van der Waals surface area contributed by atoms with Crippen LogP contribution in [0.1, 0.15) is 27.9 Å². The molecule has 4 heteroatoms. The van der Waals surface area contributed by atoms with E-state index in [1.54, 1.807) is 50.5 Å². The van der Waals surface area contributed by atoms with Gasteiger partial charge < -0.3 is 10.0 Å². The Balaban J connectivity index is 1.76. The van der Waals surface area contributed by atoms with E-state index in [0.717, 1.165) is 5.56 Å². The zero-order chi connectivity index (χ0) is 21.6. The first-order valence-corrected chi connectivity index (χ1v) is 9.59. The number of hydrogen-bond donors (Lipinski definition) is 1. The number of aliphatic hydroxyl groups is 1. The van der Waals surface area contributed by atoms with Gasteiger partial charge in [0.2, 0.25) is 0 Å². The van der Waals surface area contributed by atoms with E-state index >= 15 is 0 Å². The number of amides is 1. The van der Waals surface area contributed by atoms with Crippen molar-refractivity contribution in [1.29, 1.82) is 0 Å². The average molecular weight is 397 g/mol. The lowest BCUT2D eigenvalue weighted by atomic mass is 9.92. The topological polar surface area (TPSA) is 57.6 Å². The first kappa shape index (κ1) is 21.0. The molecule has 1 unspecified atom stereocenters. The Hall–Kier alpha value is -3.68. The molecular formula is C26H23NO3. The number of rotatable bonds is 4. The predicted octanol–water partition coefficient (Wildman–Crippen LogP) is 3.64. The monoisotopic (exact) mass is 397 g/mol. The van der Waals surface area contributed by atoms with Crippen LogP contribution >= 0.6 is 0 Å². The van der Waals surface area contributed by atoms with E-state index in [1.165, 1.54) is 17.1 Å². The van der Waals surface area contributed by atoms with Crippen molar-refractivity contribution in [3.8, 4) is 11.8 Å². The fourth-order valence-corrected chi connectivity index (χ4v) is 3.08. The number of benzene rings is 2. The highest BCUT2D eigenvalue weighted by atomic mass is 16.3. The number of ketones is 1. The molecule has 0 saturated carbocycles. The van der Waals surface area contributed by atoms with Crippen molar-refractivity contribution in [1.82, 2.24) is 4.90 Å². The van der Waals surface area contributed by atoms with Crippen molar-refractivity contribution in [2.24, 2.45) is 0 Å². The van der Waals surface area contributed by atoms with Crippen LogP contribution in [0.5, 0.6) is 0 Å². The summed E-state index contributed by atoms with van der Waals surface area (Å²) in [6, 6.07) is 16.7. The third kappa shape index (κ3) is 5.02. The molecule has 1 amide bonds. The molecule has 0 saturated heterocycles. The van der Waals surface area contributed by atoms with E-state index in [9.17, 15) is 14.7 Å². The second-order valence-corrected chi connectivity index (χ2v) is 7.23. The van der Waals surface area contributed by atoms with Crippen LogP contribution in [0.25, 0.3) is 6.08 Å². The first-order valence-electron chi connectivity index (χ1n) is 9.59. The van der Waals surface area contributed by atoms with Crippen LogP contribution in [0.15, 0.2) is 84.5 Å². The molecule has 1 N–H and O–H groups in total. The van der Waals surface area contributed by atoms with Gasteiger partial charge in [-0.3, -0.25) is 9.59 Å². The van der Waals surface area contributed by atoms with Gasteiger partial charge in [0.25, 0.3) is 5.91 Å². The van der Waals surface area contributed by atoms with Crippen LogP contribution in [-0.2, 0) is 4.79 Å². The van der Waals surface area contributed by atoms with E-state index in [-0.39, 0.29) is 18.1 Å². The molecule has 0 aromatic heterocycles. The third-order valence-electron chi connectivity index (χ3n) is 4.70. The Morgan fingerprint density at radius 2 is 1.90 bits per heavy atom. The minimum atomic E-state index is -1.43. The molecule has 0 fully saturated rings. The van der Waals surface area contributed by atoms with Gasteiger partial charge >= 0.3 is 0 Å². The fraction of sp³-hybridized carbons (Fsp3) is 0.154. The zero-order valence-electron chi connectivity index (χ0n) is 17.0. The number of allylic oxidation sites excluding steroid dienone is 3. The lowest BCUT2D eigenvalue weighted by Crippen LogP contribution is -2.27. The molecule has 0 aliphatic heterocycles. The standard InChI is InChI=1S/C26H23NO3/c1-27(2)25(29)22-14-6-12-21(19-22)13-8-17-26(30)18-16-24(28)23(26)15-7-11-20-9-4-3-5-10-20/h3-7,9-12,14-16,18-19,30H,17H2,1-2H3/b11-7+,23-15-. The highest BCUT2D eigenvalue weighted by molar-refractivity contribution is 6.09. The largest absolute Gasteiger partial charge is 0.380 e. The molecule has 150 valence electrons. The van der Waals surface area contributed by atoms with Gasteiger partial charge in [0.15, 0.2) is 5.78 Å². The van der Waals surface area contributed by atoms with Crippen LogP contribution in [-0.4, -0.2) is 41.4 Å². The van der Waals surface area contributed by atoms with Gasteiger partial charge in [-0.15, -0.1) is 0 Å². The summed E-state index contributed by atoms with van der Waals surface area (Å²) in [4.78, 5) is 25.8. The van der Waals surface area contributed by atoms with E-state index in [2.05, 4.69) is 11.8 Å². The summed E-state index contributed by atoms with van der Waals surface area (Å²) in [6.45, 7) is 0. The van der Waals surface area contributed by atoms with Gasteiger partial charge in [0.05, 0.1) is 0 Å². The van der Waals surface area contributed by atoms with Crippen molar-refractivity contribution < 1.29 is 14.7 Å². The Kier molecular flexibility index (Phi) is 6.46. The molecule has 30 heavy (non-hydrogen) atoms. The van der Waals surface area contributed by atoms with Crippen LogP contribution in [0, 0.1) is 11.8 Å². The number of carbonyl (C=O) groups excluding carboxylic acids is 2. The maximum Gasteiger partial charge on any atom is 0.253 e. The maximum absolute atomic E-state index is 12.2. The zero-order valence-corrected chi connectivity index (χ0v) is 17.0. The van der Waals surface area contributed by atoms with Crippen molar-refractivity contribution in [3.05, 3.63) is 101 Å². The summed E-state index contributed by atoms with van der Waals surface area (Å²) in [6.07, 6.45) is 8.19. The van der Waals surface area contributed by atoms with Crippen LogP contribution in [0.2, 0.25) is 0 Å². The quantitative estimate of drug-likeness (QED) is 0.633. The van der Waals surface area contributed by atoms with Gasteiger partial charge in [0, 0.05) is 37.2 Å². The summed E-state index contributed by atoms with van der Waals surface area (Å²) in [7, 11) is 3.39. The normalized spacial score (nSPS) is 19.2. The number of nitrogens with zero attached hydrogens (tertiary/aromatic N) is 1. The number of carbonyl (C=O) groups is 2. The Morgan fingerprint density at radius 1 is 1.13 bits per heavy atom. The maximum atomic E-state index is 12.2. The van der Waals surface area contributed by atoms with Gasteiger partial charge in [0.1, 0.15) is 5.60 Å². The van der Waals surface area contributed by atoms with Crippen LogP contribution in [0.3, 0.4) is 0 Å². The molecule has 0 bridgehead atoms. The molecule has 1 atom stereocenters. The van der Waals surface area contributed by atoms with Gasteiger partial charge in [-0.1, -0.05) is 66.5 Å². The average Bonchev–Trinajstić information content (AvgIpc) is 3.03. The van der Waals surface area contributed by atoms with Crippen molar-refractivity contribution in [2.45, 2.75) is 12.0 Å². The highest BCUT2D eigenvalue weighted by Crippen LogP contribution is 2.29. The van der Waals surface area contributed by atoms with E-state index in [1.807, 2.05) is 36.4 Å². The van der Waals surface area contributed by atoms with Gasteiger partial charge in [-0.2, -0.15) is 0 Å². The Labute approximate surface area is 176 Å². The van der Waals surface area contributed by atoms with Gasteiger partial charge in [-0.25, -0.2) is 0 Å². The molecule has 0 radical (unpaired) electrons. The Bertz CT molecular complexity index is 1100. The second kappa shape index (κ2) is 9.21. The smallest absolute Gasteiger partial charge is 0.253 e. The molecule has 2 aromatic carbocycles. The van der Waals surface area contributed by atoms with Crippen molar-refractivity contribution in [3.63, 3.8) is 0 Å². The van der Waals surface area contributed by atoms with Gasteiger partial charge in [-0.05, 0) is 35.9 Å². The fourth-order valence-electron chi connectivity index (χ4n) is 3.08. The molecule has 0 heterocycles. The molecule has 4 nitrogen and oxygen atoms in total. The summed E-state index contributed by atoms with van der Waals surface area (Å²) in [5.74, 6) is 5.60. The minimum Gasteiger partial charge on any atom is -0.380 e. The SMILES string of the molecule is CN(C)C(=O)c1cccc(C#CCC2(O)C=CC(=O)/C2=C/C=C/c2ccccc2)c1. The molecule has 1 aliphatic carbocycles. The van der Waals surface area contributed by atoms with E-state index < -0.39 is 5.60 Å². The summed E-state index contributed by atoms with van der Waals surface area (Å²) in [5.41, 5.74) is 1.09. The Morgan fingerprint density at radius 3 is 2.63 bits per heavy atom. The second-order valence-electron chi connectivity index (χ2n) is 7.23. The van der Waals surface area contributed by atoms with E-state index in [4.69, 9.17) is 0 Å². The highest BCUT2D eigenvalue weighted by Gasteiger charge is 2.36. The molecule has 3 rings (SSSR count). The third-order valence-corrected chi connectivity index (χ3v) is 4.70. The van der Waals surface area contributed by atoms with Crippen LogP contribution < -0.4 is 0 Å². The molecule has 1 aliphatic rings. The van der Waals surface area contributed by atoms with E-state index in [0.29, 0.717) is 16.7 Å². The summed E-state index contributed by atoms with van der Waals surface area (Å²) < 4.78 is 0. The molecule has 2 aromatic rings. The van der Waals surface area contributed by atoms with Crippen molar-refractivity contribution >= 4 is 17.8 Å². The predicted molar refractivity (Wildman–Crippen MR) is 119 cm³/mol. The first-order chi connectivity index (χ1) is 14.4. The lowest BCUT2D eigenvalue weighted by Gasteiger charge is -2.19.